The van der Waals surface area contributed by atoms with Gasteiger partial charge in [0.1, 0.15) is 0 Å². The number of aryl methyl sites for hydroxylation is 1. The van der Waals surface area contributed by atoms with Crippen LogP contribution in [0.5, 0.6) is 0 Å². The van der Waals surface area contributed by atoms with Crippen molar-refractivity contribution in [2.45, 2.75) is 19.9 Å². The quantitative estimate of drug-likeness (QED) is 0.542. The predicted octanol–water partition coefficient (Wildman–Crippen LogP) is 4.85. The van der Waals surface area contributed by atoms with Crippen molar-refractivity contribution in [2.75, 3.05) is 0 Å². The summed E-state index contributed by atoms with van der Waals surface area (Å²) in [6, 6.07) is 17.3. The van der Waals surface area contributed by atoms with Crippen LogP contribution in [0.15, 0.2) is 67.0 Å². The van der Waals surface area contributed by atoms with Crippen molar-refractivity contribution in [2.24, 2.45) is 0 Å². The van der Waals surface area contributed by atoms with Gasteiger partial charge >= 0.3 is 0 Å². The first kappa shape index (κ1) is 18.2. The minimum atomic E-state index is -0.178. The summed E-state index contributed by atoms with van der Waals surface area (Å²) in [4.78, 5) is 17.3. The maximum atomic E-state index is 12.8. The van der Waals surface area contributed by atoms with E-state index >= 15 is 0 Å². The van der Waals surface area contributed by atoms with Crippen molar-refractivity contribution in [1.29, 1.82) is 0 Å². The molecule has 0 saturated carbocycles. The number of carbonyl (C=O) groups excluding carboxylic acids is 1. The third-order valence-corrected chi connectivity index (χ3v) is 5.03. The summed E-state index contributed by atoms with van der Waals surface area (Å²) in [5.74, 6) is -0.178. The van der Waals surface area contributed by atoms with Crippen LogP contribution in [0.1, 0.15) is 34.6 Å². The van der Waals surface area contributed by atoms with E-state index in [1.54, 1.807) is 16.9 Å². The van der Waals surface area contributed by atoms with Gasteiger partial charge in [0.25, 0.3) is 5.91 Å². The van der Waals surface area contributed by atoms with Gasteiger partial charge in [-0.1, -0.05) is 54.1 Å². The Morgan fingerprint density at radius 3 is 2.64 bits per heavy atom. The number of hydrogen-bond acceptors (Lipinski definition) is 3. The first-order valence-electron chi connectivity index (χ1n) is 8.99. The Balaban J connectivity index is 1.66. The van der Waals surface area contributed by atoms with Crippen LogP contribution in [0.25, 0.3) is 16.8 Å². The topological polar surface area (TPSA) is 59.3 Å². The van der Waals surface area contributed by atoms with E-state index < -0.39 is 0 Å². The maximum absolute atomic E-state index is 12.8. The molecule has 2 aromatic heterocycles. The second-order valence-corrected chi connectivity index (χ2v) is 7.10. The van der Waals surface area contributed by atoms with Crippen molar-refractivity contribution in [3.8, 4) is 11.1 Å². The number of carbonyl (C=O) groups is 1. The van der Waals surface area contributed by atoms with Crippen LogP contribution in [-0.2, 0) is 0 Å². The lowest BCUT2D eigenvalue weighted by molar-refractivity contribution is 0.0938. The standard InChI is InChI=1S/C22H19ClN4O/c1-14(16-7-4-3-5-8-16)26-22(28)19-12-24-21-20(13-25-27(21)15(19)2)17-9-6-10-18(23)11-17/h3-14H,1-2H3,(H,26,28). The second kappa shape index (κ2) is 7.44. The molecule has 1 unspecified atom stereocenters. The number of benzene rings is 2. The SMILES string of the molecule is Cc1c(C(=O)NC(C)c2ccccc2)cnc2c(-c3cccc(Cl)c3)cnn12. The molecule has 0 radical (unpaired) electrons. The Labute approximate surface area is 168 Å². The average molecular weight is 391 g/mol. The summed E-state index contributed by atoms with van der Waals surface area (Å²) in [6.07, 6.45) is 3.35. The molecule has 4 rings (SSSR count). The van der Waals surface area contributed by atoms with Crippen LogP contribution < -0.4 is 5.32 Å². The van der Waals surface area contributed by atoms with Crippen LogP contribution in [0.3, 0.4) is 0 Å². The number of fused-ring (bicyclic) bond motifs is 1. The van der Waals surface area contributed by atoms with Crippen molar-refractivity contribution in [3.05, 3.63) is 88.8 Å². The van der Waals surface area contributed by atoms with Crippen molar-refractivity contribution in [3.63, 3.8) is 0 Å². The first-order valence-corrected chi connectivity index (χ1v) is 9.37. The summed E-state index contributed by atoms with van der Waals surface area (Å²) in [7, 11) is 0. The maximum Gasteiger partial charge on any atom is 0.255 e. The lowest BCUT2D eigenvalue weighted by Crippen LogP contribution is -2.28. The molecule has 1 N–H and O–H groups in total. The molecular formula is C22H19ClN4O. The van der Waals surface area contributed by atoms with Gasteiger partial charge in [-0.15, -0.1) is 0 Å². The van der Waals surface area contributed by atoms with E-state index in [-0.39, 0.29) is 11.9 Å². The predicted molar refractivity (Wildman–Crippen MR) is 110 cm³/mol. The Hall–Kier alpha value is -3.18. The molecule has 0 aliphatic carbocycles. The van der Waals surface area contributed by atoms with Crippen LogP contribution in [0, 0.1) is 6.92 Å². The molecule has 0 aliphatic rings. The number of nitrogens with zero attached hydrogens (tertiary/aromatic N) is 3. The molecule has 5 nitrogen and oxygen atoms in total. The molecular weight excluding hydrogens is 372 g/mol. The van der Waals surface area contributed by atoms with Gasteiger partial charge in [0, 0.05) is 16.8 Å². The van der Waals surface area contributed by atoms with E-state index in [0.29, 0.717) is 16.2 Å². The van der Waals surface area contributed by atoms with Crippen molar-refractivity contribution < 1.29 is 4.79 Å². The number of aromatic nitrogens is 3. The summed E-state index contributed by atoms with van der Waals surface area (Å²) in [6.45, 7) is 3.82. The van der Waals surface area contributed by atoms with Crippen LogP contribution in [0.2, 0.25) is 5.02 Å². The fourth-order valence-electron chi connectivity index (χ4n) is 3.23. The van der Waals surface area contributed by atoms with E-state index in [1.165, 1.54) is 0 Å². The van der Waals surface area contributed by atoms with Gasteiger partial charge in [0.15, 0.2) is 5.65 Å². The monoisotopic (exact) mass is 390 g/mol. The van der Waals surface area contributed by atoms with E-state index in [1.807, 2.05) is 68.4 Å². The molecule has 0 fully saturated rings. The molecule has 4 aromatic rings. The highest BCUT2D eigenvalue weighted by Crippen LogP contribution is 2.27. The van der Waals surface area contributed by atoms with Crippen molar-refractivity contribution >= 4 is 23.2 Å². The minimum Gasteiger partial charge on any atom is -0.345 e. The molecule has 28 heavy (non-hydrogen) atoms. The Morgan fingerprint density at radius 2 is 1.89 bits per heavy atom. The summed E-state index contributed by atoms with van der Waals surface area (Å²) >= 11 is 6.11. The Kier molecular flexibility index (Phi) is 4.84. The molecule has 1 atom stereocenters. The second-order valence-electron chi connectivity index (χ2n) is 6.67. The van der Waals surface area contributed by atoms with E-state index in [0.717, 1.165) is 22.4 Å². The van der Waals surface area contributed by atoms with E-state index in [4.69, 9.17) is 11.6 Å². The molecule has 6 heteroatoms. The van der Waals surface area contributed by atoms with Gasteiger partial charge in [-0.25, -0.2) is 9.50 Å². The van der Waals surface area contributed by atoms with Crippen LogP contribution in [-0.4, -0.2) is 20.5 Å². The zero-order chi connectivity index (χ0) is 19.7. The first-order chi connectivity index (χ1) is 13.5. The molecule has 1 amide bonds. The Morgan fingerprint density at radius 1 is 1.11 bits per heavy atom. The number of rotatable bonds is 4. The Bertz CT molecular complexity index is 1150. The molecule has 0 saturated heterocycles. The summed E-state index contributed by atoms with van der Waals surface area (Å²) in [5, 5.41) is 8.11. The molecule has 140 valence electrons. The molecule has 2 aromatic carbocycles. The number of nitrogens with one attached hydrogen (secondary N) is 1. The lowest BCUT2D eigenvalue weighted by Gasteiger charge is -2.15. The fourth-order valence-corrected chi connectivity index (χ4v) is 3.42. The van der Waals surface area contributed by atoms with Gasteiger partial charge in [0.2, 0.25) is 0 Å². The highest BCUT2D eigenvalue weighted by atomic mass is 35.5. The van der Waals surface area contributed by atoms with Gasteiger partial charge < -0.3 is 5.32 Å². The smallest absolute Gasteiger partial charge is 0.255 e. The summed E-state index contributed by atoms with van der Waals surface area (Å²) in [5.41, 5.74) is 4.77. The molecule has 0 bridgehead atoms. The number of halogens is 1. The highest BCUT2D eigenvalue weighted by molar-refractivity contribution is 6.30. The van der Waals surface area contributed by atoms with Gasteiger partial charge in [-0.05, 0) is 37.1 Å². The van der Waals surface area contributed by atoms with Gasteiger partial charge in [-0.3, -0.25) is 4.79 Å². The normalized spacial score (nSPS) is 12.1. The van der Waals surface area contributed by atoms with Crippen LogP contribution >= 0.6 is 11.6 Å². The largest absolute Gasteiger partial charge is 0.345 e. The lowest BCUT2D eigenvalue weighted by atomic mass is 10.1. The van der Waals surface area contributed by atoms with E-state index in [9.17, 15) is 4.79 Å². The zero-order valence-electron chi connectivity index (χ0n) is 15.6. The highest BCUT2D eigenvalue weighted by Gasteiger charge is 2.18. The third kappa shape index (κ3) is 3.37. The molecule has 2 heterocycles. The number of amides is 1. The van der Waals surface area contributed by atoms with Gasteiger partial charge in [0.05, 0.1) is 23.5 Å². The number of hydrogen-bond donors (Lipinski definition) is 1. The van der Waals surface area contributed by atoms with Gasteiger partial charge in [-0.2, -0.15) is 5.10 Å². The fraction of sp³-hybridized carbons (Fsp3) is 0.136. The third-order valence-electron chi connectivity index (χ3n) is 4.79. The minimum absolute atomic E-state index is 0.108. The molecule has 0 spiro atoms. The molecule has 0 aliphatic heterocycles. The zero-order valence-corrected chi connectivity index (χ0v) is 16.3. The van der Waals surface area contributed by atoms with E-state index in [2.05, 4.69) is 15.4 Å². The summed E-state index contributed by atoms with van der Waals surface area (Å²) < 4.78 is 1.69. The van der Waals surface area contributed by atoms with Crippen LogP contribution in [0.4, 0.5) is 0 Å². The average Bonchev–Trinajstić information content (AvgIpc) is 3.14. The van der Waals surface area contributed by atoms with Crippen molar-refractivity contribution in [1.82, 2.24) is 19.9 Å².